The second kappa shape index (κ2) is 7.55. The summed E-state index contributed by atoms with van der Waals surface area (Å²) in [4.78, 5) is 25.3. The van der Waals surface area contributed by atoms with Gasteiger partial charge in [-0.2, -0.15) is 0 Å². The zero-order valence-corrected chi connectivity index (χ0v) is 14.7. The van der Waals surface area contributed by atoms with Gasteiger partial charge in [-0.15, -0.1) is 0 Å². The number of rotatable bonds is 5. The molecule has 5 heteroatoms. The lowest BCUT2D eigenvalue weighted by Crippen LogP contribution is -2.32. The standard InChI is InChI=1S/C20H23NO4/c1-3-25-20(23)16-13-15(12-14-8-4-5-10-18(14)24-2)19(22)21-11-7-6-9-17(16)21/h4-5,8,10,13H,3,6-7,9,11-12H2,1-2H3. The molecule has 1 aromatic heterocycles. The number of nitrogens with zero attached hydrogens (tertiary/aromatic N) is 1. The summed E-state index contributed by atoms with van der Waals surface area (Å²) < 4.78 is 12.3. The van der Waals surface area contributed by atoms with Gasteiger partial charge in [-0.1, -0.05) is 18.2 Å². The summed E-state index contributed by atoms with van der Waals surface area (Å²) in [5, 5.41) is 0. The first-order chi connectivity index (χ1) is 12.2. The topological polar surface area (TPSA) is 57.5 Å². The molecule has 0 saturated carbocycles. The number of benzene rings is 1. The smallest absolute Gasteiger partial charge is 0.339 e. The number of carbonyl (C=O) groups is 1. The third kappa shape index (κ3) is 3.45. The van der Waals surface area contributed by atoms with Gasteiger partial charge in [0.05, 0.1) is 19.3 Å². The van der Waals surface area contributed by atoms with E-state index in [2.05, 4.69) is 0 Å². The zero-order chi connectivity index (χ0) is 17.8. The number of ether oxygens (including phenoxy) is 2. The molecule has 0 fully saturated rings. The maximum absolute atomic E-state index is 12.9. The molecule has 25 heavy (non-hydrogen) atoms. The molecule has 0 N–H and O–H groups in total. The molecule has 1 aliphatic heterocycles. The largest absolute Gasteiger partial charge is 0.496 e. The lowest BCUT2D eigenvalue weighted by molar-refractivity contribution is 0.0523. The van der Waals surface area contributed by atoms with E-state index in [-0.39, 0.29) is 11.5 Å². The normalized spacial score (nSPS) is 13.2. The second-order valence-corrected chi connectivity index (χ2v) is 6.15. The van der Waals surface area contributed by atoms with Gasteiger partial charge in [0.2, 0.25) is 0 Å². The van der Waals surface area contributed by atoms with Crippen molar-refractivity contribution in [3.63, 3.8) is 0 Å². The van der Waals surface area contributed by atoms with Crippen LogP contribution in [0.25, 0.3) is 0 Å². The minimum atomic E-state index is -0.352. The molecule has 2 heterocycles. The number of pyridine rings is 1. The highest BCUT2D eigenvalue weighted by Gasteiger charge is 2.23. The van der Waals surface area contributed by atoms with Gasteiger partial charge in [0.25, 0.3) is 5.56 Å². The van der Waals surface area contributed by atoms with Crippen molar-refractivity contribution in [2.45, 2.75) is 39.2 Å². The molecule has 1 aliphatic rings. The van der Waals surface area contributed by atoms with Crippen LogP contribution in [0.5, 0.6) is 5.75 Å². The Bertz CT molecular complexity index is 838. The van der Waals surface area contributed by atoms with E-state index in [1.54, 1.807) is 24.7 Å². The number of aromatic nitrogens is 1. The first-order valence-corrected chi connectivity index (χ1v) is 8.70. The van der Waals surface area contributed by atoms with E-state index in [0.717, 1.165) is 36.3 Å². The van der Waals surface area contributed by atoms with Crippen molar-refractivity contribution >= 4 is 5.97 Å². The molecule has 0 bridgehead atoms. The van der Waals surface area contributed by atoms with Gasteiger partial charge in [-0.25, -0.2) is 4.79 Å². The fraction of sp³-hybridized carbons (Fsp3) is 0.400. The first-order valence-electron chi connectivity index (χ1n) is 8.70. The van der Waals surface area contributed by atoms with Crippen LogP contribution in [0.1, 0.15) is 46.9 Å². The predicted molar refractivity (Wildman–Crippen MR) is 95.4 cm³/mol. The van der Waals surface area contributed by atoms with Gasteiger partial charge in [-0.3, -0.25) is 4.79 Å². The van der Waals surface area contributed by atoms with E-state index in [1.165, 1.54) is 0 Å². The van der Waals surface area contributed by atoms with E-state index < -0.39 is 0 Å². The number of para-hydroxylation sites is 1. The van der Waals surface area contributed by atoms with Crippen LogP contribution in [-0.4, -0.2) is 24.3 Å². The van der Waals surface area contributed by atoms with Crippen molar-refractivity contribution in [3.8, 4) is 5.75 Å². The average Bonchev–Trinajstić information content (AvgIpc) is 2.64. The maximum atomic E-state index is 12.9. The van der Waals surface area contributed by atoms with Gasteiger partial charge < -0.3 is 14.0 Å². The third-order valence-corrected chi connectivity index (χ3v) is 4.59. The van der Waals surface area contributed by atoms with Crippen molar-refractivity contribution in [1.82, 2.24) is 4.57 Å². The van der Waals surface area contributed by atoms with Crippen LogP contribution in [0.4, 0.5) is 0 Å². The molecular formula is C20H23NO4. The predicted octanol–water partition coefficient (Wildman–Crippen LogP) is 2.96. The van der Waals surface area contributed by atoms with Crippen molar-refractivity contribution in [2.75, 3.05) is 13.7 Å². The van der Waals surface area contributed by atoms with Crippen LogP contribution in [0, 0.1) is 0 Å². The SMILES string of the molecule is CCOC(=O)c1cc(Cc2ccccc2OC)c(=O)n2c1CCCC2. The number of fused-ring (bicyclic) bond motifs is 1. The summed E-state index contributed by atoms with van der Waals surface area (Å²) >= 11 is 0. The maximum Gasteiger partial charge on any atom is 0.339 e. The Labute approximate surface area is 147 Å². The summed E-state index contributed by atoms with van der Waals surface area (Å²) in [6.45, 7) is 2.76. The summed E-state index contributed by atoms with van der Waals surface area (Å²) in [5.41, 5.74) is 2.82. The molecule has 0 saturated heterocycles. The molecule has 5 nitrogen and oxygen atoms in total. The Balaban J connectivity index is 2.09. The van der Waals surface area contributed by atoms with E-state index in [1.807, 2.05) is 24.3 Å². The fourth-order valence-corrected chi connectivity index (χ4v) is 3.40. The molecule has 0 unspecified atom stereocenters. The van der Waals surface area contributed by atoms with Gasteiger partial charge in [0.1, 0.15) is 5.75 Å². The molecule has 2 aromatic rings. The Morgan fingerprint density at radius 2 is 2.00 bits per heavy atom. The molecule has 132 valence electrons. The molecule has 0 radical (unpaired) electrons. The van der Waals surface area contributed by atoms with Crippen LogP contribution in [-0.2, 0) is 24.1 Å². The summed E-state index contributed by atoms with van der Waals surface area (Å²) in [6, 6.07) is 9.33. The Morgan fingerprint density at radius 1 is 1.20 bits per heavy atom. The van der Waals surface area contributed by atoms with Crippen LogP contribution in [0.3, 0.4) is 0 Å². The Kier molecular flexibility index (Phi) is 5.22. The summed E-state index contributed by atoms with van der Waals surface area (Å²) in [5.74, 6) is 0.386. The number of carbonyl (C=O) groups excluding carboxylic acids is 1. The quantitative estimate of drug-likeness (QED) is 0.785. The summed E-state index contributed by atoms with van der Waals surface area (Å²) in [7, 11) is 1.61. The Hall–Kier alpha value is -2.56. The highest BCUT2D eigenvalue weighted by molar-refractivity contribution is 5.91. The molecule has 0 atom stereocenters. The average molecular weight is 341 g/mol. The minimum Gasteiger partial charge on any atom is -0.496 e. The lowest BCUT2D eigenvalue weighted by Gasteiger charge is -2.22. The van der Waals surface area contributed by atoms with E-state index >= 15 is 0 Å². The van der Waals surface area contributed by atoms with Crippen LogP contribution in [0.15, 0.2) is 35.1 Å². The van der Waals surface area contributed by atoms with Gasteiger partial charge in [0.15, 0.2) is 0 Å². The van der Waals surface area contributed by atoms with Crippen molar-refractivity contribution in [1.29, 1.82) is 0 Å². The number of hydrogen-bond donors (Lipinski definition) is 0. The van der Waals surface area contributed by atoms with Gasteiger partial charge in [-0.05, 0) is 43.9 Å². The van der Waals surface area contributed by atoms with E-state index in [4.69, 9.17) is 9.47 Å². The zero-order valence-electron chi connectivity index (χ0n) is 14.7. The van der Waals surface area contributed by atoms with Crippen LogP contribution in [0.2, 0.25) is 0 Å². The van der Waals surface area contributed by atoms with Crippen molar-refractivity contribution in [2.24, 2.45) is 0 Å². The first kappa shape index (κ1) is 17.3. The van der Waals surface area contributed by atoms with E-state index in [9.17, 15) is 9.59 Å². The van der Waals surface area contributed by atoms with Gasteiger partial charge >= 0.3 is 5.97 Å². The van der Waals surface area contributed by atoms with Crippen molar-refractivity contribution < 1.29 is 14.3 Å². The van der Waals surface area contributed by atoms with Crippen LogP contribution >= 0.6 is 0 Å². The lowest BCUT2D eigenvalue weighted by atomic mass is 9.98. The van der Waals surface area contributed by atoms with Crippen molar-refractivity contribution in [3.05, 3.63) is 63.1 Å². The Morgan fingerprint density at radius 3 is 2.76 bits per heavy atom. The third-order valence-electron chi connectivity index (χ3n) is 4.59. The molecule has 1 aromatic carbocycles. The number of esters is 1. The van der Waals surface area contributed by atoms with E-state index in [0.29, 0.717) is 30.7 Å². The molecule has 0 amide bonds. The molecular weight excluding hydrogens is 318 g/mol. The second-order valence-electron chi connectivity index (χ2n) is 6.15. The minimum absolute atomic E-state index is 0.0198. The molecule has 3 rings (SSSR count). The van der Waals surface area contributed by atoms with Gasteiger partial charge in [0, 0.05) is 24.2 Å². The number of methoxy groups -OCH3 is 1. The fourth-order valence-electron chi connectivity index (χ4n) is 3.40. The van der Waals surface area contributed by atoms with Crippen LogP contribution < -0.4 is 10.3 Å². The molecule has 0 aliphatic carbocycles. The molecule has 0 spiro atoms. The highest BCUT2D eigenvalue weighted by atomic mass is 16.5. The monoisotopic (exact) mass is 341 g/mol. The summed E-state index contributed by atoms with van der Waals surface area (Å²) in [6.07, 6.45) is 3.10. The number of hydrogen-bond acceptors (Lipinski definition) is 4. The highest BCUT2D eigenvalue weighted by Crippen LogP contribution is 2.23.